The lowest BCUT2D eigenvalue weighted by molar-refractivity contribution is -0.135. The average Bonchev–Trinajstić information content (AvgIpc) is 2.17. The Hall–Kier alpha value is -0.610. The maximum Gasteiger partial charge on any atom is 0.248 e. The van der Waals surface area contributed by atoms with Crippen LogP contribution in [0.3, 0.4) is 0 Å². The van der Waals surface area contributed by atoms with Gasteiger partial charge >= 0.3 is 0 Å². The van der Waals surface area contributed by atoms with Gasteiger partial charge in [0, 0.05) is 20.2 Å². The van der Waals surface area contributed by atoms with Gasteiger partial charge in [-0.05, 0) is 20.3 Å². The number of ether oxygens (including phenoxy) is 2. The first kappa shape index (κ1) is 14.4. The third kappa shape index (κ3) is 8.39. The van der Waals surface area contributed by atoms with Crippen molar-refractivity contribution < 1.29 is 14.3 Å². The Labute approximate surface area is 92.5 Å². The monoisotopic (exact) mass is 217 g/mol. The molecule has 0 unspecified atom stereocenters. The van der Waals surface area contributed by atoms with Gasteiger partial charge in [-0.25, -0.2) is 0 Å². The van der Waals surface area contributed by atoms with Gasteiger partial charge in [0.1, 0.15) is 6.61 Å². The highest BCUT2D eigenvalue weighted by molar-refractivity contribution is 5.77. The molecule has 15 heavy (non-hydrogen) atoms. The molecular formula is C11H23NO3. The van der Waals surface area contributed by atoms with Gasteiger partial charge in [-0.2, -0.15) is 0 Å². The second kappa shape index (κ2) is 8.68. The number of rotatable bonds is 8. The fourth-order valence-corrected chi connectivity index (χ4v) is 0.964. The van der Waals surface area contributed by atoms with Crippen LogP contribution in [-0.2, 0) is 14.3 Å². The Morgan fingerprint density at radius 3 is 2.53 bits per heavy atom. The summed E-state index contributed by atoms with van der Waals surface area (Å²) in [5.41, 5.74) is 0. The van der Waals surface area contributed by atoms with Crippen LogP contribution in [0.15, 0.2) is 0 Å². The highest BCUT2D eigenvalue weighted by Crippen LogP contribution is 1.91. The second-order valence-corrected chi connectivity index (χ2v) is 3.79. The first-order valence-corrected chi connectivity index (χ1v) is 5.51. The number of amides is 1. The topological polar surface area (TPSA) is 38.8 Å². The van der Waals surface area contributed by atoms with E-state index in [9.17, 15) is 4.79 Å². The number of likely N-dealkylation sites (N-methyl/N-ethyl adjacent to an activating group) is 1. The lowest BCUT2D eigenvalue weighted by atomic mass is 10.4. The molecule has 0 rings (SSSR count). The fourth-order valence-electron chi connectivity index (χ4n) is 0.964. The summed E-state index contributed by atoms with van der Waals surface area (Å²) in [7, 11) is 1.77. The predicted molar refractivity (Wildman–Crippen MR) is 59.8 cm³/mol. The predicted octanol–water partition coefficient (Wildman–Crippen LogP) is 1.30. The number of hydrogen-bond acceptors (Lipinski definition) is 3. The molecule has 0 fully saturated rings. The van der Waals surface area contributed by atoms with E-state index in [0.717, 1.165) is 6.42 Å². The molecule has 0 radical (unpaired) electrons. The first-order valence-electron chi connectivity index (χ1n) is 5.51. The van der Waals surface area contributed by atoms with Crippen LogP contribution in [0.4, 0.5) is 0 Å². The molecule has 0 N–H and O–H groups in total. The molecule has 1 amide bonds. The molecule has 0 saturated carbocycles. The van der Waals surface area contributed by atoms with Gasteiger partial charge in [-0.3, -0.25) is 4.79 Å². The third-order valence-electron chi connectivity index (χ3n) is 1.88. The first-order chi connectivity index (χ1) is 7.07. The molecule has 90 valence electrons. The minimum Gasteiger partial charge on any atom is -0.377 e. The molecule has 0 spiro atoms. The van der Waals surface area contributed by atoms with E-state index in [1.807, 2.05) is 20.8 Å². The van der Waals surface area contributed by atoms with Gasteiger partial charge < -0.3 is 14.4 Å². The minimum absolute atomic E-state index is 0.0100. The Morgan fingerprint density at radius 1 is 1.33 bits per heavy atom. The molecule has 0 aromatic heterocycles. The molecule has 4 nitrogen and oxygen atoms in total. The van der Waals surface area contributed by atoms with Crippen molar-refractivity contribution in [1.29, 1.82) is 0 Å². The zero-order chi connectivity index (χ0) is 11.7. The van der Waals surface area contributed by atoms with Crippen LogP contribution in [0.25, 0.3) is 0 Å². The summed E-state index contributed by atoms with van der Waals surface area (Å²) in [5, 5.41) is 0. The Bertz CT molecular complexity index is 171. The van der Waals surface area contributed by atoms with Crippen molar-refractivity contribution >= 4 is 5.91 Å². The molecule has 4 heteroatoms. The van der Waals surface area contributed by atoms with Crippen molar-refractivity contribution in [3.05, 3.63) is 0 Å². The van der Waals surface area contributed by atoms with E-state index in [-0.39, 0.29) is 18.6 Å². The summed E-state index contributed by atoms with van der Waals surface area (Å²) in [6.07, 6.45) is 1.15. The molecule has 0 aromatic carbocycles. The molecule has 0 atom stereocenters. The van der Waals surface area contributed by atoms with Crippen LogP contribution in [0, 0.1) is 0 Å². The number of carbonyl (C=O) groups excluding carboxylic acids is 1. The molecule has 0 saturated heterocycles. The molecular weight excluding hydrogens is 194 g/mol. The normalized spacial score (nSPS) is 10.7. The molecule has 0 aliphatic rings. The summed E-state index contributed by atoms with van der Waals surface area (Å²) in [4.78, 5) is 13.1. The molecule has 0 heterocycles. The van der Waals surface area contributed by atoms with Gasteiger partial charge in [-0.1, -0.05) is 6.92 Å². The molecule has 0 aromatic rings. The minimum atomic E-state index is 0.0100. The lowest BCUT2D eigenvalue weighted by Crippen LogP contribution is -2.33. The summed E-state index contributed by atoms with van der Waals surface area (Å²) in [6.45, 7) is 7.98. The molecule has 0 bridgehead atoms. The van der Waals surface area contributed by atoms with Gasteiger partial charge in [0.2, 0.25) is 5.91 Å². The van der Waals surface area contributed by atoms with Crippen LogP contribution >= 0.6 is 0 Å². The van der Waals surface area contributed by atoms with Crippen LogP contribution in [-0.4, -0.2) is 50.3 Å². The van der Waals surface area contributed by atoms with E-state index in [0.29, 0.717) is 19.8 Å². The highest BCUT2D eigenvalue weighted by atomic mass is 16.5. The average molecular weight is 217 g/mol. The summed E-state index contributed by atoms with van der Waals surface area (Å²) in [6, 6.07) is 0. The number of carbonyl (C=O) groups is 1. The van der Waals surface area contributed by atoms with E-state index in [2.05, 4.69) is 0 Å². The number of hydrogen-bond donors (Lipinski definition) is 0. The Kier molecular flexibility index (Phi) is 8.33. The van der Waals surface area contributed by atoms with Gasteiger partial charge in [0.25, 0.3) is 0 Å². The largest absolute Gasteiger partial charge is 0.377 e. The quantitative estimate of drug-likeness (QED) is 0.575. The number of nitrogens with zero attached hydrogens (tertiary/aromatic N) is 1. The fraction of sp³-hybridized carbons (Fsp3) is 0.909. The van der Waals surface area contributed by atoms with Crippen LogP contribution in [0.5, 0.6) is 0 Å². The summed E-state index contributed by atoms with van der Waals surface area (Å²) >= 11 is 0. The van der Waals surface area contributed by atoms with Crippen molar-refractivity contribution in [1.82, 2.24) is 4.90 Å². The molecule has 0 aliphatic carbocycles. The van der Waals surface area contributed by atoms with Crippen LogP contribution < -0.4 is 0 Å². The van der Waals surface area contributed by atoms with Crippen LogP contribution in [0.1, 0.15) is 27.2 Å². The standard InChI is InChI=1S/C11H23NO3/c1-5-7-14-9-11(13)12(4)6-8-15-10(2)3/h10H,5-9H2,1-4H3. The third-order valence-corrected chi connectivity index (χ3v) is 1.88. The van der Waals surface area contributed by atoms with E-state index in [4.69, 9.17) is 9.47 Å². The second-order valence-electron chi connectivity index (χ2n) is 3.79. The maximum absolute atomic E-state index is 11.4. The zero-order valence-electron chi connectivity index (χ0n) is 10.3. The highest BCUT2D eigenvalue weighted by Gasteiger charge is 2.08. The van der Waals surface area contributed by atoms with Gasteiger partial charge in [0.15, 0.2) is 0 Å². The maximum atomic E-state index is 11.4. The summed E-state index contributed by atoms with van der Waals surface area (Å²) < 4.78 is 10.5. The van der Waals surface area contributed by atoms with Gasteiger partial charge in [-0.15, -0.1) is 0 Å². The van der Waals surface area contributed by atoms with E-state index < -0.39 is 0 Å². The van der Waals surface area contributed by atoms with Crippen molar-refractivity contribution in [2.24, 2.45) is 0 Å². The van der Waals surface area contributed by atoms with E-state index in [1.54, 1.807) is 11.9 Å². The Balaban J connectivity index is 3.51. The zero-order valence-corrected chi connectivity index (χ0v) is 10.3. The lowest BCUT2D eigenvalue weighted by Gasteiger charge is -2.17. The van der Waals surface area contributed by atoms with Crippen molar-refractivity contribution in [3.63, 3.8) is 0 Å². The Morgan fingerprint density at radius 2 is 2.00 bits per heavy atom. The van der Waals surface area contributed by atoms with Crippen molar-refractivity contribution in [3.8, 4) is 0 Å². The van der Waals surface area contributed by atoms with Crippen LogP contribution in [0.2, 0.25) is 0 Å². The van der Waals surface area contributed by atoms with Crippen molar-refractivity contribution in [2.45, 2.75) is 33.3 Å². The van der Waals surface area contributed by atoms with Gasteiger partial charge in [0.05, 0.1) is 12.7 Å². The van der Waals surface area contributed by atoms with E-state index in [1.165, 1.54) is 0 Å². The van der Waals surface area contributed by atoms with E-state index >= 15 is 0 Å². The SMILES string of the molecule is CCCOCC(=O)N(C)CCOC(C)C. The smallest absolute Gasteiger partial charge is 0.248 e. The molecule has 0 aliphatic heterocycles. The van der Waals surface area contributed by atoms with Crippen molar-refractivity contribution in [2.75, 3.05) is 33.4 Å². The summed E-state index contributed by atoms with van der Waals surface area (Å²) in [5.74, 6) is 0.0100.